The second-order valence-corrected chi connectivity index (χ2v) is 4.88. The van der Waals surface area contributed by atoms with Crippen molar-refractivity contribution in [3.63, 3.8) is 0 Å². The molecule has 0 saturated carbocycles. The molecule has 24 heavy (non-hydrogen) atoms. The van der Waals surface area contributed by atoms with Crippen LogP contribution < -0.4 is 5.43 Å². The predicted molar refractivity (Wildman–Crippen MR) is 85.7 cm³/mol. The fraction of sp³-hybridized carbons (Fsp3) is 0.0625. The lowest BCUT2D eigenvalue weighted by atomic mass is 10.1. The van der Waals surface area contributed by atoms with Gasteiger partial charge in [0.1, 0.15) is 5.69 Å². The molecular weight excluding hydrogens is 310 g/mol. The van der Waals surface area contributed by atoms with E-state index in [4.69, 9.17) is 0 Å². The minimum atomic E-state index is -0.779. The molecule has 3 amide bonds. The van der Waals surface area contributed by atoms with Crippen molar-refractivity contribution in [2.24, 2.45) is 0 Å². The van der Waals surface area contributed by atoms with Crippen molar-refractivity contribution >= 4 is 30.0 Å². The Labute approximate surface area is 137 Å². The number of nitrogens with one attached hydrogen (secondary N) is 1. The number of carbonyl (C=O) groups excluding carboxylic acids is 3. The molecule has 1 aromatic heterocycles. The van der Waals surface area contributed by atoms with Crippen LogP contribution in [0.4, 0.5) is 4.79 Å². The Hall–Kier alpha value is -3.55. The van der Waals surface area contributed by atoms with Gasteiger partial charge >= 0.3 is 6.03 Å². The number of hydrogen-bond acceptors (Lipinski definition) is 5. The van der Waals surface area contributed by atoms with E-state index in [1.54, 1.807) is 31.2 Å². The molecule has 3 rings (SSSR count). The van der Waals surface area contributed by atoms with Gasteiger partial charge in [-0.1, -0.05) is 30.0 Å². The minimum Gasteiger partial charge on any atom is -0.267 e. The summed E-state index contributed by atoms with van der Waals surface area (Å²) >= 11 is 0. The summed E-state index contributed by atoms with van der Waals surface area (Å²) in [6, 6.07) is 5.56. The number of hydrazine groups is 1. The molecule has 0 atom stereocenters. The van der Waals surface area contributed by atoms with E-state index in [1.807, 2.05) is 0 Å². The van der Waals surface area contributed by atoms with Crippen molar-refractivity contribution in [2.45, 2.75) is 6.92 Å². The summed E-state index contributed by atoms with van der Waals surface area (Å²) in [7, 11) is 0. The van der Waals surface area contributed by atoms with Crippen molar-refractivity contribution in [1.82, 2.24) is 25.4 Å². The van der Waals surface area contributed by atoms with Crippen LogP contribution in [-0.2, 0) is 0 Å². The number of aromatic nitrogens is 3. The number of fused-ring (bicyclic) bond motifs is 1. The number of benzene rings is 1. The van der Waals surface area contributed by atoms with E-state index in [0.717, 1.165) is 4.68 Å². The fourth-order valence-electron chi connectivity index (χ4n) is 2.34. The van der Waals surface area contributed by atoms with E-state index in [2.05, 4.69) is 22.3 Å². The Morgan fingerprint density at radius 1 is 1.21 bits per heavy atom. The molecule has 0 saturated heterocycles. The van der Waals surface area contributed by atoms with Crippen molar-refractivity contribution in [3.05, 3.63) is 59.4 Å². The highest BCUT2D eigenvalue weighted by molar-refractivity contribution is 6.21. The standard InChI is InChI=1S/C16H13N5O3/c1-3-7-13-12(4-2)17-19-20(13)16(24)18-21-14(22)10-8-5-6-9-11(10)15(21)23/h3-9H,2H2,1H3,(H,18,24)/b7-3-. The van der Waals surface area contributed by atoms with Crippen LogP contribution in [0.15, 0.2) is 36.9 Å². The molecule has 1 aliphatic rings. The van der Waals surface area contributed by atoms with E-state index in [-0.39, 0.29) is 11.1 Å². The van der Waals surface area contributed by atoms with Crippen LogP contribution in [0.3, 0.4) is 0 Å². The summed E-state index contributed by atoms with van der Waals surface area (Å²) in [5.74, 6) is -1.19. The Morgan fingerprint density at radius 2 is 1.83 bits per heavy atom. The van der Waals surface area contributed by atoms with Gasteiger partial charge in [-0.15, -0.1) is 5.10 Å². The highest BCUT2D eigenvalue weighted by Gasteiger charge is 2.37. The minimum absolute atomic E-state index is 0.238. The second kappa shape index (κ2) is 5.92. The van der Waals surface area contributed by atoms with Gasteiger partial charge < -0.3 is 0 Å². The lowest BCUT2D eigenvalue weighted by molar-refractivity contribution is 0.0586. The van der Waals surface area contributed by atoms with Gasteiger partial charge in [-0.3, -0.25) is 9.59 Å². The Kier molecular flexibility index (Phi) is 3.78. The van der Waals surface area contributed by atoms with E-state index >= 15 is 0 Å². The highest BCUT2D eigenvalue weighted by Crippen LogP contribution is 2.20. The van der Waals surface area contributed by atoms with Crippen LogP contribution >= 0.6 is 0 Å². The molecule has 0 spiro atoms. The van der Waals surface area contributed by atoms with Crippen LogP contribution in [0.1, 0.15) is 39.0 Å². The zero-order valence-corrected chi connectivity index (χ0v) is 12.8. The van der Waals surface area contributed by atoms with Crippen molar-refractivity contribution in [2.75, 3.05) is 0 Å². The van der Waals surface area contributed by atoms with Crippen LogP contribution in [-0.4, -0.2) is 37.8 Å². The van der Waals surface area contributed by atoms with Crippen LogP contribution in [0.5, 0.6) is 0 Å². The third kappa shape index (κ3) is 2.30. The molecule has 120 valence electrons. The lowest BCUT2D eigenvalue weighted by Crippen LogP contribution is -2.48. The van der Waals surface area contributed by atoms with Crippen molar-refractivity contribution in [3.8, 4) is 0 Å². The molecule has 2 heterocycles. The molecule has 1 N–H and O–H groups in total. The summed E-state index contributed by atoms with van der Waals surface area (Å²) in [6.07, 6.45) is 4.78. The van der Waals surface area contributed by atoms with Gasteiger partial charge in [0, 0.05) is 0 Å². The highest BCUT2D eigenvalue weighted by atomic mass is 16.2. The molecule has 0 bridgehead atoms. The van der Waals surface area contributed by atoms with Gasteiger partial charge in [-0.2, -0.15) is 9.69 Å². The number of allylic oxidation sites excluding steroid dienone is 1. The average Bonchev–Trinajstić information content (AvgIpc) is 3.10. The molecular formula is C16H13N5O3. The third-order valence-electron chi connectivity index (χ3n) is 3.44. The average molecular weight is 323 g/mol. The second-order valence-electron chi connectivity index (χ2n) is 4.88. The molecule has 2 aromatic rings. The fourth-order valence-corrected chi connectivity index (χ4v) is 2.34. The largest absolute Gasteiger partial charge is 0.363 e. The van der Waals surface area contributed by atoms with E-state index < -0.39 is 17.8 Å². The zero-order chi connectivity index (χ0) is 17.3. The van der Waals surface area contributed by atoms with Gasteiger partial charge in [0.25, 0.3) is 11.8 Å². The van der Waals surface area contributed by atoms with Crippen molar-refractivity contribution in [1.29, 1.82) is 0 Å². The maximum absolute atomic E-state index is 12.4. The smallest absolute Gasteiger partial charge is 0.267 e. The van der Waals surface area contributed by atoms with E-state index in [9.17, 15) is 14.4 Å². The topological polar surface area (TPSA) is 97.2 Å². The van der Waals surface area contributed by atoms with Gasteiger partial charge in [-0.25, -0.2) is 10.2 Å². The number of imide groups is 1. The van der Waals surface area contributed by atoms with Crippen molar-refractivity contribution < 1.29 is 14.4 Å². The molecule has 8 nitrogen and oxygen atoms in total. The third-order valence-corrected chi connectivity index (χ3v) is 3.44. The number of nitrogens with zero attached hydrogens (tertiary/aromatic N) is 4. The number of hydrogen-bond donors (Lipinski definition) is 1. The van der Waals surface area contributed by atoms with E-state index in [1.165, 1.54) is 18.2 Å². The van der Waals surface area contributed by atoms with Crippen LogP contribution in [0, 0.1) is 0 Å². The van der Waals surface area contributed by atoms with Crippen LogP contribution in [0.25, 0.3) is 12.2 Å². The molecule has 0 aliphatic carbocycles. The maximum atomic E-state index is 12.4. The Balaban J connectivity index is 1.89. The molecule has 8 heteroatoms. The molecule has 1 aliphatic heterocycles. The first-order valence-electron chi connectivity index (χ1n) is 7.08. The van der Waals surface area contributed by atoms with Gasteiger partial charge in [0.15, 0.2) is 0 Å². The van der Waals surface area contributed by atoms with Crippen LogP contribution in [0.2, 0.25) is 0 Å². The first-order chi connectivity index (χ1) is 11.6. The predicted octanol–water partition coefficient (Wildman–Crippen LogP) is 1.72. The normalized spacial score (nSPS) is 13.5. The first kappa shape index (κ1) is 15.3. The summed E-state index contributed by atoms with van der Waals surface area (Å²) in [5, 5.41) is 8.22. The van der Waals surface area contributed by atoms with Gasteiger partial charge in [0.2, 0.25) is 0 Å². The lowest BCUT2D eigenvalue weighted by Gasteiger charge is -2.14. The number of carbonyl (C=O) groups is 3. The quantitative estimate of drug-likeness (QED) is 0.868. The number of rotatable bonds is 3. The Bertz CT molecular complexity index is 862. The maximum Gasteiger partial charge on any atom is 0.363 e. The Morgan fingerprint density at radius 3 is 2.38 bits per heavy atom. The molecule has 1 aromatic carbocycles. The van der Waals surface area contributed by atoms with Gasteiger partial charge in [0.05, 0.1) is 16.8 Å². The molecule has 0 radical (unpaired) electrons. The number of amides is 3. The van der Waals surface area contributed by atoms with E-state index in [0.29, 0.717) is 16.4 Å². The summed E-state index contributed by atoms with van der Waals surface area (Å²) in [6.45, 7) is 5.37. The zero-order valence-electron chi connectivity index (χ0n) is 12.8. The first-order valence-corrected chi connectivity index (χ1v) is 7.08. The summed E-state index contributed by atoms with van der Waals surface area (Å²) in [4.78, 5) is 36.9. The molecule has 0 unspecified atom stereocenters. The van der Waals surface area contributed by atoms with Gasteiger partial charge in [-0.05, 0) is 31.2 Å². The summed E-state index contributed by atoms with van der Waals surface area (Å²) in [5.41, 5.74) is 3.54. The molecule has 0 fully saturated rings. The SMILES string of the molecule is C=Cc1nnn(C(=O)NN2C(=O)c3ccccc3C2=O)c1/C=C\C. The summed E-state index contributed by atoms with van der Waals surface area (Å²) < 4.78 is 0.959. The monoisotopic (exact) mass is 323 g/mol.